The van der Waals surface area contributed by atoms with Gasteiger partial charge in [0.15, 0.2) is 17.0 Å². The molecule has 5 nitrogen and oxygen atoms in total. The van der Waals surface area contributed by atoms with Crippen LogP contribution in [0.4, 0.5) is 13.2 Å². The third-order valence-corrected chi connectivity index (χ3v) is 4.28. The number of alkyl halides is 3. The second kappa shape index (κ2) is 5.30. The summed E-state index contributed by atoms with van der Waals surface area (Å²) in [6, 6.07) is 8.46. The SMILES string of the molecule is COC(=O)c1cc2nc3c(c(C(F)(F)F)n2n1)CCc1ccccc1-3. The van der Waals surface area contributed by atoms with E-state index in [2.05, 4.69) is 14.8 Å². The summed E-state index contributed by atoms with van der Waals surface area (Å²) < 4.78 is 46.6. The Morgan fingerprint density at radius 3 is 2.72 bits per heavy atom. The maximum absolute atomic E-state index is 13.8. The number of carbonyl (C=O) groups excluding carboxylic acids is 1. The van der Waals surface area contributed by atoms with Crippen LogP contribution in [0.3, 0.4) is 0 Å². The van der Waals surface area contributed by atoms with E-state index < -0.39 is 17.8 Å². The van der Waals surface area contributed by atoms with E-state index in [4.69, 9.17) is 0 Å². The molecular weight excluding hydrogens is 335 g/mol. The van der Waals surface area contributed by atoms with Crippen LogP contribution in [0, 0.1) is 0 Å². The van der Waals surface area contributed by atoms with Gasteiger partial charge in [-0.15, -0.1) is 0 Å². The molecule has 0 aliphatic heterocycles. The minimum atomic E-state index is -4.63. The highest BCUT2D eigenvalue weighted by Gasteiger charge is 2.40. The molecule has 0 spiro atoms. The third kappa shape index (κ3) is 2.36. The van der Waals surface area contributed by atoms with Crippen LogP contribution in [0.25, 0.3) is 16.9 Å². The van der Waals surface area contributed by atoms with Gasteiger partial charge in [0.05, 0.1) is 12.8 Å². The first-order chi connectivity index (χ1) is 11.9. The van der Waals surface area contributed by atoms with E-state index in [0.29, 0.717) is 16.5 Å². The van der Waals surface area contributed by atoms with Crippen molar-refractivity contribution in [1.29, 1.82) is 0 Å². The fourth-order valence-electron chi connectivity index (χ4n) is 3.22. The Balaban J connectivity index is 2.08. The molecule has 128 valence electrons. The number of benzene rings is 1. The number of ether oxygens (including phenoxy) is 1. The topological polar surface area (TPSA) is 56.5 Å². The van der Waals surface area contributed by atoms with Crippen LogP contribution >= 0.6 is 0 Å². The second-order valence-electron chi connectivity index (χ2n) is 5.73. The largest absolute Gasteiger partial charge is 0.464 e. The maximum Gasteiger partial charge on any atom is 0.433 e. The summed E-state index contributed by atoms with van der Waals surface area (Å²) in [6.07, 6.45) is -3.93. The van der Waals surface area contributed by atoms with Gasteiger partial charge in [-0.25, -0.2) is 14.3 Å². The van der Waals surface area contributed by atoms with Gasteiger partial charge in [0.2, 0.25) is 0 Å². The number of esters is 1. The number of aryl methyl sites for hydroxylation is 1. The highest BCUT2D eigenvalue weighted by atomic mass is 19.4. The van der Waals surface area contributed by atoms with Gasteiger partial charge >= 0.3 is 12.1 Å². The van der Waals surface area contributed by atoms with Gasteiger partial charge in [-0.3, -0.25) is 0 Å². The van der Waals surface area contributed by atoms with Gasteiger partial charge < -0.3 is 4.74 Å². The molecule has 0 radical (unpaired) electrons. The van der Waals surface area contributed by atoms with Crippen LogP contribution in [0.5, 0.6) is 0 Å². The molecule has 0 amide bonds. The average molecular weight is 347 g/mol. The summed E-state index contributed by atoms with van der Waals surface area (Å²) in [4.78, 5) is 16.0. The summed E-state index contributed by atoms with van der Waals surface area (Å²) in [5.74, 6) is -0.808. The van der Waals surface area contributed by atoms with Crippen LogP contribution in [-0.2, 0) is 23.8 Å². The molecule has 25 heavy (non-hydrogen) atoms. The molecular formula is C17H12F3N3O2. The molecule has 0 atom stereocenters. The standard InChI is InChI=1S/C17H12F3N3O2/c1-25-16(24)12-8-13-21-14-10-5-3-2-4-9(10)6-7-11(14)15(17(18,19)20)23(13)22-12/h2-5,8H,6-7H2,1H3. The smallest absolute Gasteiger partial charge is 0.433 e. The van der Waals surface area contributed by atoms with Crippen LogP contribution in [-0.4, -0.2) is 27.7 Å². The Labute approximate surface area is 140 Å². The lowest BCUT2D eigenvalue weighted by Crippen LogP contribution is -2.21. The number of aromatic nitrogens is 3. The molecule has 0 unspecified atom stereocenters. The van der Waals surface area contributed by atoms with Crippen LogP contribution in [0.15, 0.2) is 30.3 Å². The van der Waals surface area contributed by atoms with Crippen molar-refractivity contribution in [2.24, 2.45) is 0 Å². The third-order valence-electron chi connectivity index (χ3n) is 4.28. The van der Waals surface area contributed by atoms with Crippen molar-refractivity contribution < 1.29 is 22.7 Å². The van der Waals surface area contributed by atoms with Crippen LogP contribution in [0.1, 0.15) is 27.3 Å². The summed E-state index contributed by atoms with van der Waals surface area (Å²) in [5, 5.41) is 3.77. The van der Waals surface area contributed by atoms with E-state index >= 15 is 0 Å². The van der Waals surface area contributed by atoms with E-state index in [1.54, 1.807) is 12.1 Å². The van der Waals surface area contributed by atoms with E-state index in [-0.39, 0.29) is 29.0 Å². The molecule has 0 saturated carbocycles. The lowest BCUT2D eigenvalue weighted by Gasteiger charge is -2.23. The van der Waals surface area contributed by atoms with Crippen molar-refractivity contribution in [3.8, 4) is 11.3 Å². The number of nitrogens with zero attached hydrogens (tertiary/aromatic N) is 3. The molecule has 1 aliphatic rings. The highest BCUT2D eigenvalue weighted by molar-refractivity contribution is 5.88. The maximum atomic E-state index is 13.8. The van der Waals surface area contributed by atoms with E-state index in [9.17, 15) is 18.0 Å². The molecule has 4 rings (SSSR count). The predicted octanol–water partition coefficient (Wildman–Crippen LogP) is 3.30. The quantitative estimate of drug-likeness (QED) is 0.634. The van der Waals surface area contributed by atoms with Crippen molar-refractivity contribution >= 4 is 11.6 Å². The van der Waals surface area contributed by atoms with E-state index in [0.717, 1.165) is 12.7 Å². The van der Waals surface area contributed by atoms with Gasteiger partial charge in [-0.1, -0.05) is 24.3 Å². The molecule has 2 aromatic heterocycles. The number of carbonyl (C=O) groups is 1. The van der Waals surface area contributed by atoms with Gasteiger partial charge in [0.25, 0.3) is 0 Å². The number of halogens is 3. The van der Waals surface area contributed by atoms with Crippen molar-refractivity contribution in [1.82, 2.24) is 14.6 Å². The van der Waals surface area contributed by atoms with Crippen LogP contribution < -0.4 is 0 Å². The monoisotopic (exact) mass is 347 g/mol. The minimum Gasteiger partial charge on any atom is -0.464 e. The van der Waals surface area contributed by atoms with E-state index in [1.165, 1.54) is 6.07 Å². The second-order valence-corrected chi connectivity index (χ2v) is 5.73. The lowest BCUT2D eigenvalue weighted by atomic mass is 9.88. The molecule has 2 heterocycles. The first-order valence-electron chi connectivity index (χ1n) is 7.56. The Kier molecular flexibility index (Phi) is 3.31. The first-order valence-corrected chi connectivity index (χ1v) is 7.56. The summed E-state index contributed by atoms with van der Waals surface area (Å²) >= 11 is 0. The van der Waals surface area contributed by atoms with Gasteiger partial charge in [-0.2, -0.15) is 18.3 Å². The molecule has 1 aliphatic carbocycles. The van der Waals surface area contributed by atoms with Crippen molar-refractivity contribution in [3.63, 3.8) is 0 Å². The van der Waals surface area contributed by atoms with Crippen LogP contribution in [0.2, 0.25) is 0 Å². The fourth-order valence-corrected chi connectivity index (χ4v) is 3.22. The molecule has 0 N–H and O–H groups in total. The zero-order valence-electron chi connectivity index (χ0n) is 13.1. The zero-order valence-corrected chi connectivity index (χ0v) is 13.1. The fraction of sp³-hybridized carbons (Fsp3) is 0.235. The van der Waals surface area contributed by atoms with Gasteiger partial charge in [0, 0.05) is 17.2 Å². The molecule has 0 fully saturated rings. The summed E-state index contributed by atoms with van der Waals surface area (Å²) in [5.41, 5.74) is 0.873. The van der Waals surface area contributed by atoms with Crippen molar-refractivity contribution in [2.75, 3.05) is 7.11 Å². The first kappa shape index (κ1) is 15.6. The predicted molar refractivity (Wildman–Crippen MR) is 82.2 cm³/mol. The van der Waals surface area contributed by atoms with Crippen molar-refractivity contribution in [3.05, 3.63) is 52.8 Å². The summed E-state index contributed by atoms with van der Waals surface area (Å²) in [7, 11) is 1.14. The normalized spacial score (nSPS) is 13.4. The van der Waals surface area contributed by atoms with E-state index in [1.807, 2.05) is 12.1 Å². The Morgan fingerprint density at radius 1 is 1.24 bits per heavy atom. The summed E-state index contributed by atoms with van der Waals surface area (Å²) in [6.45, 7) is 0. The molecule has 3 aromatic rings. The number of rotatable bonds is 1. The Bertz CT molecular complexity index is 1010. The lowest BCUT2D eigenvalue weighted by molar-refractivity contribution is -0.143. The highest BCUT2D eigenvalue weighted by Crippen LogP contribution is 2.40. The Morgan fingerprint density at radius 2 is 2.00 bits per heavy atom. The number of hydrogen-bond donors (Lipinski definition) is 0. The van der Waals surface area contributed by atoms with Gasteiger partial charge in [0.1, 0.15) is 0 Å². The molecule has 0 saturated heterocycles. The molecule has 1 aromatic carbocycles. The zero-order chi connectivity index (χ0) is 17.8. The van der Waals surface area contributed by atoms with Gasteiger partial charge in [-0.05, 0) is 18.4 Å². The Hall–Kier alpha value is -2.90. The number of methoxy groups -OCH3 is 1. The number of hydrogen-bond acceptors (Lipinski definition) is 4. The minimum absolute atomic E-state index is 0.0387. The number of fused-ring (bicyclic) bond motifs is 4. The molecule has 0 bridgehead atoms. The molecule has 8 heteroatoms. The average Bonchev–Trinajstić information content (AvgIpc) is 3.01. The van der Waals surface area contributed by atoms with Crippen molar-refractivity contribution in [2.45, 2.75) is 19.0 Å².